The highest BCUT2D eigenvalue weighted by atomic mass is 19.2. The molecule has 130 valence electrons. The summed E-state index contributed by atoms with van der Waals surface area (Å²) in [5, 5.41) is 0. The first-order valence-corrected chi connectivity index (χ1v) is 8.02. The molecular weight excluding hydrogens is 326 g/mol. The van der Waals surface area contributed by atoms with Crippen LogP contribution in [0.15, 0.2) is 48.5 Å². The van der Waals surface area contributed by atoms with Crippen LogP contribution < -0.4 is 0 Å². The highest BCUT2D eigenvalue weighted by Crippen LogP contribution is 2.19. The Morgan fingerprint density at radius 1 is 0.960 bits per heavy atom. The van der Waals surface area contributed by atoms with Gasteiger partial charge in [-0.2, -0.15) is 0 Å². The van der Waals surface area contributed by atoms with Crippen LogP contribution in [-0.4, -0.2) is 34.2 Å². The maximum atomic E-state index is 13.4. The maximum Gasteiger partial charge on any atom is 0.245 e. The summed E-state index contributed by atoms with van der Waals surface area (Å²) >= 11 is 0. The van der Waals surface area contributed by atoms with Crippen molar-refractivity contribution in [2.75, 3.05) is 6.54 Å². The van der Waals surface area contributed by atoms with Crippen LogP contribution in [0, 0.1) is 11.6 Å². The molecule has 0 N–H and O–H groups in total. The molecule has 3 rings (SSSR count). The Balaban J connectivity index is 1.73. The first-order valence-electron chi connectivity index (χ1n) is 8.02. The van der Waals surface area contributed by atoms with Gasteiger partial charge < -0.3 is 9.80 Å². The lowest BCUT2D eigenvalue weighted by atomic mass is 10.1. The lowest BCUT2D eigenvalue weighted by Crippen LogP contribution is -2.58. The molecule has 1 saturated heterocycles. The van der Waals surface area contributed by atoms with Crippen LogP contribution in [-0.2, 0) is 22.7 Å². The monoisotopic (exact) mass is 344 g/mol. The first-order chi connectivity index (χ1) is 12.0. The molecule has 0 saturated carbocycles. The number of carbonyl (C=O) groups excluding carboxylic acids is 2. The smallest absolute Gasteiger partial charge is 0.245 e. The van der Waals surface area contributed by atoms with Crippen LogP contribution in [0.25, 0.3) is 0 Å². The second-order valence-corrected chi connectivity index (χ2v) is 6.13. The number of nitrogens with zero attached hydrogens (tertiary/aromatic N) is 2. The number of hydrogen-bond donors (Lipinski definition) is 0. The number of piperazine rings is 1. The van der Waals surface area contributed by atoms with Gasteiger partial charge in [0.2, 0.25) is 11.8 Å². The standard InChI is InChI=1S/C19H18F2N2O2/c1-13-19(25)22(10-14-5-3-2-4-6-14)12-18(24)23(13)11-15-7-8-16(20)17(21)9-15/h2-9,13H,10-12H2,1H3/t13-/m1/s1. The molecule has 4 nitrogen and oxygen atoms in total. The van der Waals surface area contributed by atoms with E-state index < -0.39 is 17.7 Å². The Labute approximate surface area is 144 Å². The summed E-state index contributed by atoms with van der Waals surface area (Å²) in [5.41, 5.74) is 1.40. The van der Waals surface area contributed by atoms with Gasteiger partial charge in [-0.05, 0) is 30.2 Å². The third-order valence-corrected chi connectivity index (χ3v) is 4.34. The number of amides is 2. The van der Waals surface area contributed by atoms with Crippen LogP contribution in [0.4, 0.5) is 8.78 Å². The lowest BCUT2D eigenvalue weighted by Gasteiger charge is -2.38. The second-order valence-electron chi connectivity index (χ2n) is 6.13. The Bertz CT molecular complexity index is 795. The van der Waals surface area contributed by atoms with E-state index in [1.807, 2.05) is 30.3 Å². The fourth-order valence-corrected chi connectivity index (χ4v) is 2.94. The molecular formula is C19H18F2N2O2. The summed E-state index contributed by atoms with van der Waals surface area (Å²) in [6, 6.07) is 12.3. The van der Waals surface area contributed by atoms with Crippen molar-refractivity contribution in [2.45, 2.75) is 26.1 Å². The van der Waals surface area contributed by atoms with Crippen molar-refractivity contribution in [2.24, 2.45) is 0 Å². The van der Waals surface area contributed by atoms with Crippen LogP contribution in [0.3, 0.4) is 0 Å². The highest BCUT2D eigenvalue weighted by Gasteiger charge is 2.36. The molecule has 0 aromatic heterocycles. The fraction of sp³-hybridized carbons (Fsp3) is 0.263. The van der Waals surface area contributed by atoms with Crippen LogP contribution in [0.1, 0.15) is 18.1 Å². The van der Waals surface area contributed by atoms with Crippen LogP contribution >= 0.6 is 0 Å². The third-order valence-electron chi connectivity index (χ3n) is 4.34. The molecule has 1 aliphatic heterocycles. The van der Waals surface area contributed by atoms with E-state index in [0.29, 0.717) is 12.1 Å². The molecule has 0 aliphatic carbocycles. The molecule has 2 aromatic rings. The summed E-state index contributed by atoms with van der Waals surface area (Å²) < 4.78 is 26.4. The zero-order chi connectivity index (χ0) is 18.0. The van der Waals surface area contributed by atoms with E-state index >= 15 is 0 Å². The van der Waals surface area contributed by atoms with Crippen molar-refractivity contribution >= 4 is 11.8 Å². The molecule has 25 heavy (non-hydrogen) atoms. The zero-order valence-electron chi connectivity index (χ0n) is 13.8. The molecule has 0 radical (unpaired) electrons. The van der Waals surface area contributed by atoms with E-state index in [4.69, 9.17) is 0 Å². The van der Waals surface area contributed by atoms with E-state index in [2.05, 4.69) is 0 Å². The maximum absolute atomic E-state index is 13.4. The number of hydrogen-bond acceptors (Lipinski definition) is 2. The topological polar surface area (TPSA) is 40.6 Å². The minimum atomic E-state index is -0.966. The molecule has 1 atom stereocenters. The summed E-state index contributed by atoms with van der Waals surface area (Å²) in [5.74, 6) is -2.28. The highest BCUT2D eigenvalue weighted by molar-refractivity contribution is 5.94. The Kier molecular flexibility index (Phi) is 4.79. The van der Waals surface area contributed by atoms with Gasteiger partial charge in [0.1, 0.15) is 12.6 Å². The Morgan fingerprint density at radius 3 is 2.36 bits per heavy atom. The van der Waals surface area contributed by atoms with Crippen LogP contribution in [0.5, 0.6) is 0 Å². The van der Waals surface area contributed by atoms with Gasteiger partial charge in [0, 0.05) is 13.1 Å². The largest absolute Gasteiger partial charge is 0.327 e. The molecule has 0 spiro atoms. The summed E-state index contributed by atoms with van der Waals surface area (Å²) in [6.07, 6.45) is 0. The lowest BCUT2D eigenvalue weighted by molar-refractivity contribution is -0.156. The Hall–Kier alpha value is -2.76. The van der Waals surface area contributed by atoms with Gasteiger partial charge in [0.15, 0.2) is 11.6 Å². The molecule has 0 unspecified atom stereocenters. The zero-order valence-corrected chi connectivity index (χ0v) is 13.8. The third kappa shape index (κ3) is 3.68. The number of benzene rings is 2. The molecule has 2 amide bonds. The van der Waals surface area contributed by atoms with E-state index in [-0.39, 0.29) is 24.9 Å². The van der Waals surface area contributed by atoms with E-state index in [1.54, 1.807) is 6.92 Å². The molecule has 0 bridgehead atoms. The van der Waals surface area contributed by atoms with Gasteiger partial charge >= 0.3 is 0 Å². The number of halogens is 2. The first kappa shape index (κ1) is 17.1. The number of rotatable bonds is 4. The van der Waals surface area contributed by atoms with Crippen molar-refractivity contribution in [3.8, 4) is 0 Å². The van der Waals surface area contributed by atoms with Gasteiger partial charge in [-0.15, -0.1) is 0 Å². The van der Waals surface area contributed by atoms with Gasteiger partial charge in [-0.25, -0.2) is 8.78 Å². The minimum Gasteiger partial charge on any atom is -0.327 e. The second kappa shape index (κ2) is 7.01. The van der Waals surface area contributed by atoms with Crippen molar-refractivity contribution in [3.63, 3.8) is 0 Å². The van der Waals surface area contributed by atoms with Crippen molar-refractivity contribution in [1.82, 2.24) is 9.80 Å². The fourth-order valence-electron chi connectivity index (χ4n) is 2.94. The summed E-state index contributed by atoms with van der Waals surface area (Å²) in [4.78, 5) is 28.0. The van der Waals surface area contributed by atoms with Crippen molar-refractivity contribution in [3.05, 3.63) is 71.3 Å². The van der Waals surface area contributed by atoms with E-state index in [0.717, 1.165) is 17.7 Å². The van der Waals surface area contributed by atoms with Gasteiger partial charge in [-0.1, -0.05) is 36.4 Å². The van der Waals surface area contributed by atoms with E-state index in [9.17, 15) is 18.4 Å². The number of carbonyl (C=O) groups is 2. The molecule has 1 heterocycles. The summed E-state index contributed by atoms with van der Waals surface area (Å²) in [7, 11) is 0. The quantitative estimate of drug-likeness (QED) is 0.856. The predicted molar refractivity (Wildman–Crippen MR) is 88.2 cm³/mol. The summed E-state index contributed by atoms with van der Waals surface area (Å²) in [6.45, 7) is 2.07. The molecule has 1 aliphatic rings. The van der Waals surface area contributed by atoms with Gasteiger partial charge in [0.05, 0.1) is 0 Å². The molecule has 6 heteroatoms. The molecule has 1 fully saturated rings. The normalized spacial score (nSPS) is 18.0. The van der Waals surface area contributed by atoms with Crippen LogP contribution in [0.2, 0.25) is 0 Å². The molecule has 2 aromatic carbocycles. The van der Waals surface area contributed by atoms with Gasteiger partial charge in [0.25, 0.3) is 0 Å². The average Bonchev–Trinajstić information content (AvgIpc) is 2.60. The Morgan fingerprint density at radius 2 is 1.68 bits per heavy atom. The average molecular weight is 344 g/mol. The van der Waals surface area contributed by atoms with Crippen molar-refractivity contribution < 1.29 is 18.4 Å². The SMILES string of the molecule is C[C@@H]1C(=O)N(Cc2ccccc2)CC(=O)N1Cc1ccc(F)c(F)c1. The van der Waals surface area contributed by atoms with Crippen molar-refractivity contribution in [1.29, 1.82) is 0 Å². The van der Waals surface area contributed by atoms with Gasteiger partial charge in [-0.3, -0.25) is 9.59 Å². The minimum absolute atomic E-state index is 0.0260. The predicted octanol–water partition coefficient (Wildman–Crippen LogP) is 2.72. The van der Waals surface area contributed by atoms with E-state index in [1.165, 1.54) is 15.9 Å².